The summed E-state index contributed by atoms with van der Waals surface area (Å²) < 4.78 is 2.16. The Labute approximate surface area is 117 Å². The SMILES string of the molecule is CCCNC(Cc1nccn1C)C1CCCC(C)C1. The highest BCUT2D eigenvalue weighted by atomic mass is 15.0. The molecule has 0 saturated heterocycles. The van der Waals surface area contributed by atoms with E-state index in [1.165, 1.54) is 37.9 Å². The van der Waals surface area contributed by atoms with E-state index in [1.807, 2.05) is 6.20 Å². The average Bonchev–Trinajstić information content (AvgIpc) is 2.80. The van der Waals surface area contributed by atoms with Crippen molar-refractivity contribution < 1.29 is 0 Å². The Morgan fingerprint density at radius 1 is 1.47 bits per heavy atom. The van der Waals surface area contributed by atoms with Gasteiger partial charge in [0.1, 0.15) is 5.82 Å². The van der Waals surface area contributed by atoms with E-state index < -0.39 is 0 Å². The maximum absolute atomic E-state index is 4.50. The van der Waals surface area contributed by atoms with Crippen LogP contribution in [0, 0.1) is 11.8 Å². The maximum Gasteiger partial charge on any atom is 0.109 e. The van der Waals surface area contributed by atoms with E-state index in [9.17, 15) is 0 Å². The Kier molecular flexibility index (Phi) is 5.44. The van der Waals surface area contributed by atoms with Crippen molar-refractivity contribution in [2.45, 2.75) is 58.4 Å². The van der Waals surface area contributed by atoms with Gasteiger partial charge in [-0.25, -0.2) is 4.98 Å². The van der Waals surface area contributed by atoms with Crippen LogP contribution in [0.25, 0.3) is 0 Å². The number of imidazole rings is 1. The number of rotatable bonds is 6. The molecular weight excluding hydrogens is 234 g/mol. The zero-order chi connectivity index (χ0) is 13.7. The minimum Gasteiger partial charge on any atom is -0.338 e. The van der Waals surface area contributed by atoms with Crippen LogP contribution >= 0.6 is 0 Å². The van der Waals surface area contributed by atoms with E-state index in [4.69, 9.17) is 0 Å². The van der Waals surface area contributed by atoms with Crippen LogP contribution in [-0.4, -0.2) is 22.1 Å². The van der Waals surface area contributed by atoms with Gasteiger partial charge in [-0.3, -0.25) is 0 Å². The highest BCUT2D eigenvalue weighted by Crippen LogP contribution is 2.31. The fraction of sp³-hybridized carbons (Fsp3) is 0.812. The smallest absolute Gasteiger partial charge is 0.109 e. The summed E-state index contributed by atoms with van der Waals surface area (Å²) in [6.07, 6.45) is 11.8. The van der Waals surface area contributed by atoms with Gasteiger partial charge in [-0.05, 0) is 37.6 Å². The molecule has 0 aromatic carbocycles. The number of aryl methyl sites for hydroxylation is 1. The molecule has 1 heterocycles. The van der Waals surface area contributed by atoms with Crippen molar-refractivity contribution in [1.82, 2.24) is 14.9 Å². The minimum atomic E-state index is 0.601. The largest absolute Gasteiger partial charge is 0.338 e. The van der Waals surface area contributed by atoms with Gasteiger partial charge in [0.2, 0.25) is 0 Å². The van der Waals surface area contributed by atoms with Crippen LogP contribution in [0.5, 0.6) is 0 Å². The van der Waals surface area contributed by atoms with Crippen molar-refractivity contribution in [3.63, 3.8) is 0 Å². The molecule has 108 valence electrons. The second-order valence-electron chi connectivity index (χ2n) is 6.25. The van der Waals surface area contributed by atoms with Gasteiger partial charge in [0, 0.05) is 31.9 Å². The fourth-order valence-corrected chi connectivity index (χ4v) is 3.37. The van der Waals surface area contributed by atoms with Crippen molar-refractivity contribution in [3.8, 4) is 0 Å². The molecule has 0 aliphatic heterocycles. The average molecular weight is 263 g/mol. The van der Waals surface area contributed by atoms with E-state index >= 15 is 0 Å². The third-order valence-corrected chi connectivity index (χ3v) is 4.53. The van der Waals surface area contributed by atoms with E-state index in [2.05, 4.69) is 42.0 Å². The highest BCUT2D eigenvalue weighted by Gasteiger charge is 2.27. The molecule has 1 aromatic heterocycles. The summed E-state index contributed by atoms with van der Waals surface area (Å²) in [5.41, 5.74) is 0. The van der Waals surface area contributed by atoms with Gasteiger partial charge in [-0.15, -0.1) is 0 Å². The first-order chi connectivity index (χ1) is 9.20. The second kappa shape index (κ2) is 7.09. The van der Waals surface area contributed by atoms with Crippen LogP contribution in [-0.2, 0) is 13.5 Å². The third-order valence-electron chi connectivity index (χ3n) is 4.53. The van der Waals surface area contributed by atoms with E-state index in [1.54, 1.807) is 0 Å². The molecule has 1 fully saturated rings. The quantitative estimate of drug-likeness (QED) is 0.854. The number of nitrogens with one attached hydrogen (secondary N) is 1. The molecule has 3 nitrogen and oxygen atoms in total. The molecule has 0 spiro atoms. The van der Waals surface area contributed by atoms with Gasteiger partial charge in [0.05, 0.1) is 0 Å². The molecule has 1 aliphatic rings. The molecule has 1 aromatic rings. The lowest BCUT2D eigenvalue weighted by Crippen LogP contribution is -2.41. The Balaban J connectivity index is 2.00. The number of hydrogen-bond donors (Lipinski definition) is 1. The first-order valence-electron chi connectivity index (χ1n) is 7.90. The molecule has 0 amide bonds. The Morgan fingerprint density at radius 2 is 2.32 bits per heavy atom. The minimum absolute atomic E-state index is 0.601. The molecular formula is C16H29N3. The van der Waals surface area contributed by atoms with Gasteiger partial charge < -0.3 is 9.88 Å². The summed E-state index contributed by atoms with van der Waals surface area (Å²) in [6, 6.07) is 0.601. The predicted molar refractivity (Wildman–Crippen MR) is 80.1 cm³/mol. The van der Waals surface area contributed by atoms with E-state index in [0.29, 0.717) is 6.04 Å². The highest BCUT2D eigenvalue weighted by molar-refractivity contribution is 4.97. The standard InChI is InChI=1S/C16H29N3/c1-4-8-17-15(12-16-18-9-10-19(16)3)14-7-5-6-13(2)11-14/h9-10,13-15,17H,4-8,11-12H2,1-3H3. The molecule has 3 atom stereocenters. The number of nitrogens with zero attached hydrogens (tertiary/aromatic N) is 2. The zero-order valence-corrected chi connectivity index (χ0v) is 12.7. The van der Waals surface area contributed by atoms with Crippen LogP contribution in [0.1, 0.15) is 51.8 Å². The summed E-state index contributed by atoms with van der Waals surface area (Å²) in [6.45, 7) is 5.78. The van der Waals surface area contributed by atoms with Crippen LogP contribution in [0.15, 0.2) is 12.4 Å². The van der Waals surface area contributed by atoms with Gasteiger partial charge in [-0.2, -0.15) is 0 Å². The first kappa shape index (κ1) is 14.6. The monoisotopic (exact) mass is 263 g/mol. The zero-order valence-electron chi connectivity index (χ0n) is 12.7. The molecule has 2 rings (SSSR count). The summed E-state index contributed by atoms with van der Waals surface area (Å²) in [5, 5.41) is 3.77. The van der Waals surface area contributed by atoms with Crippen LogP contribution < -0.4 is 5.32 Å². The molecule has 1 aliphatic carbocycles. The lowest BCUT2D eigenvalue weighted by atomic mass is 9.77. The molecule has 0 bridgehead atoms. The normalized spacial score (nSPS) is 25.4. The topological polar surface area (TPSA) is 29.9 Å². The Bertz CT molecular complexity index is 372. The van der Waals surface area contributed by atoms with Crippen molar-refractivity contribution in [1.29, 1.82) is 0 Å². The van der Waals surface area contributed by atoms with Crippen LogP contribution in [0.3, 0.4) is 0 Å². The number of aromatic nitrogens is 2. The lowest BCUT2D eigenvalue weighted by Gasteiger charge is -2.34. The summed E-state index contributed by atoms with van der Waals surface area (Å²) >= 11 is 0. The van der Waals surface area contributed by atoms with E-state index in [0.717, 1.165) is 24.8 Å². The molecule has 3 heteroatoms. The Hall–Kier alpha value is -0.830. The predicted octanol–water partition coefficient (Wildman–Crippen LogP) is 3.16. The summed E-state index contributed by atoms with van der Waals surface area (Å²) in [5.74, 6) is 2.94. The van der Waals surface area contributed by atoms with Crippen molar-refractivity contribution in [2.24, 2.45) is 18.9 Å². The second-order valence-corrected chi connectivity index (χ2v) is 6.25. The van der Waals surface area contributed by atoms with Crippen LogP contribution in [0.2, 0.25) is 0 Å². The lowest BCUT2D eigenvalue weighted by molar-refractivity contribution is 0.219. The van der Waals surface area contributed by atoms with Gasteiger partial charge in [0.15, 0.2) is 0 Å². The van der Waals surface area contributed by atoms with Crippen molar-refractivity contribution in [2.75, 3.05) is 6.54 Å². The van der Waals surface area contributed by atoms with Crippen molar-refractivity contribution in [3.05, 3.63) is 18.2 Å². The van der Waals surface area contributed by atoms with E-state index in [-0.39, 0.29) is 0 Å². The molecule has 1 N–H and O–H groups in total. The number of hydrogen-bond acceptors (Lipinski definition) is 2. The Morgan fingerprint density at radius 3 is 2.95 bits per heavy atom. The van der Waals surface area contributed by atoms with Crippen molar-refractivity contribution >= 4 is 0 Å². The molecule has 19 heavy (non-hydrogen) atoms. The first-order valence-corrected chi connectivity index (χ1v) is 7.90. The van der Waals surface area contributed by atoms with Crippen LogP contribution in [0.4, 0.5) is 0 Å². The third kappa shape index (κ3) is 4.07. The molecule has 3 unspecified atom stereocenters. The van der Waals surface area contributed by atoms with Gasteiger partial charge in [-0.1, -0.05) is 26.7 Å². The van der Waals surface area contributed by atoms with Gasteiger partial charge in [0.25, 0.3) is 0 Å². The summed E-state index contributed by atoms with van der Waals surface area (Å²) in [7, 11) is 2.10. The molecule has 1 saturated carbocycles. The molecule has 0 radical (unpaired) electrons. The summed E-state index contributed by atoms with van der Waals surface area (Å²) in [4.78, 5) is 4.50. The fourth-order valence-electron chi connectivity index (χ4n) is 3.37. The van der Waals surface area contributed by atoms with Gasteiger partial charge >= 0.3 is 0 Å². The maximum atomic E-state index is 4.50.